The third-order valence-corrected chi connectivity index (χ3v) is 7.59. The average Bonchev–Trinajstić information content (AvgIpc) is 3.04. The number of benzene rings is 1. The van der Waals surface area contributed by atoms with Crippen LogP contribution in [0.15, 0.2) is 36.5 Å². The Morgan fingerprint density at radius 1 is 1.14 bits per heavy atom. The van der Waals surface area contributed by atoms with Crippen molar-refractivity contribution in [2.75, 3.05) is 32.0 Å². The monoisotopic (exact) mass is 483 g/mol. The molecule has 0 unspecified atom stereocenters. The van der Waals surface area contributed by atoms with Crippen molar-refractivity contribution < 1.29 is 23.2 Å². The van der Waals surface area contributed by atoms with E-state index < -0.39 is 23.1 Å². The third-order valence-electron chi connectivity index (χ3n) is 7.59. The molecule has 0 saturated carbocycles. The number of aromatic nitrogens is 1. The smallest absolute Gasteiger partial charge is 0.318 e. The predicted octanol–water partition coefficient (Wildman–Crippen LogP) is 2.76. The van der Waals surface area contributed by atoms with Crippen molar-refractivity contribution in [3.63, 3.8) is 0 Å². The SMILES string of the molecule is CN1C[C@H](c2cccc(F)c2F)CC[C@@H](NC(=O)N2CCC3(CC2)C(=O)Nc2ncccc23)C1=O. The van der Waals surface area contributed by atoms with E-state index in [1.54, 1.807) is 24.2 Å². The van der Waals surface area contributed by atoms with Gasteiger partial charge in [-0.3, -0.25) is 9.59 Å². The molecule has 4 heterocycles. The first kappa shape index (κ1) is 23.2. The van der Waals surface area contributed by atoms with Crippen molar-refractivity contribution in [2.24, 2.45) is 0 Å². The normalized spacial score (nSPS) is 23.6. The number of carbonyl (C=O) groups excluding carboxylic acids is 3. The predicted molar refractivity (Wildman–Crippen MR) is 124 cm³/mol. The number of carbonyl (C=O) groups is 3. The highest BCUT2D eigenvalue weighted by Gasteiger charge is 2.49. The van der Waals surface area contributed by atoms with E-state index in [-0.39, 0.29) is 35.9 Å². The Kier molecular flexibility index (Phi) is 5.90. The maximum absolute atomic E-state index is 14.4. The zero-order valence-electron chi connectivity index (χ0n) is 19.4. The van der Waals surface area contributed by atoms with Gasteiger partial charge in [0.2, 0.25) is 11.8 Å². The maximum atomic E-state index is 14.4. The average molecular weight is 484 g/mol. The van der Waals surface area contributed by atoms with Crippen molar-refractivity contribution >= 4 is 23.7 Å². The summed E-state index contributed by atoms with van der Waals surface area (Å²) in [6.45, 7) is 0.962. The molecule has 1 spiro atoms. The van der Waals surface area contributed by atoms with Crippen molar-refractivity contribution in [1.82, 2.24) is 20.1 Å². The Balaban J connectivity index is 1.24. The van der Waals surface area contributed by atoms with E-state index in [0.29, 0.717) is 44.6 Å². The topological polar surface area (TPSA) is 94.6 Å². The number of anilines is 1. The van der Waals surface area contributed by atoms with E-state index in [0.717, 1.165) is 11.6 Å². The Morgan fingerprint density at radius 3 is 2.69 bits per heavy atom. The number of piperidine rings is 1. The van der Waals surface area contributed by atoms with Crippen molar-refractivity contribution in [1.29, 1.82) is 0 Å². The van der Waals surface area contributed by atoms with Crippen LogP contribution in [0.4, 0.5) is 19.4 Å². The molecule has 0 bridgehead atoms. The molecular weight excluding hydrogens is 456 g/mol. The molecule has 2 N–H and O–H groups in total. The van der Waals surface area contributed by atoms with Crippen LogP contribution in [0.5, 0.6) is 0 Å². The number of pyridine rings is 1. The second kappa shape index (κ2) is 8.90. The zero-order valence-corrected chi connectivity index (χ0v) is 19.4. The molecule has 1 aromatic heterocycles. The minimum atomic E-state index is -0.914. The molecule has 2 saturated heterocycles. The van der Waals surface area contributed by atoms with E-state index in [1.165, 1.54) is 17.0 Å². The number of likely N-dealkylation sites (tertiary alicyclic amines) is 2. The quantitative estimate of drug-likeness (QED) is 0.687. The first-order chi connectivity index (χ1) is 16.8. The van der Waals surface area contributed by atoms with E-state index in [4.69, 9.17) is 0 Å². The number of likely N-dealkylation sites (N-methyl/N-ethyl adjacent to an activating group) is 1. The number of rotatable bonds is 2. The summed E-state index contributed by atoms with van der Waals surface area (Å²) in [5.74, 6) is -1.96. The van der Waals surface area contributed by atoms with Gasteiger partial charge in [0.1, 0.15) is 11.9 Å². The number of halogens is 2. The van der Waals surface area contributed by atoms with Crippen LogP contribution in [0.2, 0.25) is 0 Å². The molecule has 8 nitrogen and oxygen atoms in total. The van der Waals surface area contributed by atoms with Crippen LogP contribution in [-0.2, 0) is 15.0 Å². The Labute approximate surface area is 201 Å². The number of hydrogen-bond acceptors (Lipinski definition) is 4. The summed E-state index contributed by atoms with van der Waals surface area (Å²) in [5.41, 5.74) is 0.407. The molecule has 1 aromatic carbocycles. The molecule has 0 radical (unpaired) electrons. The molecule has 184 valence electrons. The van der Waals surface area contributed by atoms with Crippen LogP contribution in [0.25, 0.3) is 0 Å². The second-order valence-electron chi connectivity index (χ2n) is 9.56. The highest BCUT2D eigenvalue weighted by Crippen LogP contribution is 2.43. The molecule has 0 aliphatic carbocycles. The van der Waals surface area contributed by atoms with Gasteiger partial charge in [0.05, 0.1) is 5.41 Å². The Bertz CT molecular complexity index is 1180. The van der Waals surface area contributed by atoms with E-state index in [1.807, 2.05) is 6.07 Å². The lowest BCUT2D eigenvalue weighted by molar-refractivity contribution is -0.131. The molecule has 4 amide bonds. The molecule has 3 aliphatic heterocycles. The largest absolute Gasteiger partial charge is 0.343 e. The fourth-order valence-electron chi connectivity index (χ4n) is 5.56. The lowest BCUT2D eigenvalue weighted by Crippen LogP contribution is -2.54. The number of urea groups is 1. The van der Waals surface area contributed by atoms with Crippen LogP contribution in [0.3, 0.4) is 0 Å². The first-order valence-corrected chi connectivity index (χ1v) is 11.8. The van der Waals surface area contributed by atoms with E-state index in [9.17, 15) is 23.2 Å². The minimum Gasteiger partial charge on any atom is -0.343 e. The van der Waals surface area contributed by atoms with Crippen LogP contribution >= 0.6 is 0 Å². The number of amides is 4. The third kappa shape index (κ3) is 4.00. The number of fused-ring (bicyclic) bond motifs is 2. The molecule has 35 heavy (non-hydrogen) atoms. The van der Waals surface area contributed by atoms with Gasteiger partial charge in [-0.2, -0.15) is 0 Å². The summed E-state index contributed by atoms with van der Waals surface area (Å²) in [4.78, 5) is 46.0. The molecular formula is C25H27F2N5O3. The highest BCUT2D eigenvalue weighted by molar-refractivity contribution is 6.05. The summed E-state index contributed by atoms with van der Waals surface area (Å²) in [7, 11) is 1.60. The molecule has 2 aromatic rings. The second-order valence-corrected chi connectivity index (χ2v) is 9.56. The maximum Gasteiger partial charge on any atom is 0.318 e. The van der Waals surface area contributed by atoms with Crippen LogP contribution in [0.1, 0.15) is 42.7 Å². The van der Waals surface area contributed by atoms with E-state index in [2.05, 4.69) is 15.6 Å². The van der Waals surface area contributed by atoms with Crippen LogP contribution in [0, 0.1) is 11.6 Å². The van der Waals surface area contributed by atoms with Crippen LogP contribution < -0.4 is 10.6 Å². The summed E-state index contributed by atoms with van der Waals surface area (Å²) in [5, 5.41) is 5.67. The molecule has 3 aliphatic rings. The lowest BCUT2D eigenvalue weighted by atomic mass is 9.74. The molecule has 10 heteroatoms. The highest BCUT2D eigenvalue weighted by atomic mass is 19.2. The number of hydrogen-bond donors (Lipinski definition) is 2. The summed E-state index contributed by atoms with van der Waals surface area (Å²) >= 11 is 0. The van der Waals surface area contributed by atoms with Crippen molar-refractivity contribution in [3.8, 4) is 0 Å². The van der Waals surface area contributed by atoms with Gasteiger partial charge >= 0.3 is 6.03 Å². The van der Waals surface area contributed by atoms with Crippen LogP contribution in [-0.4, -0.2) is 65.4 Å². The lowest BCUT2D eigenvalue weighted by Gasteiger charge is -2.38. The number of nitrogens with one attached hydrogen (secondary N) is 2. The standard InChI is InChI=1S/C25H27F2N5O3/c1-31-14-15(16-4-2-6-18(26)20(16)27)7-8-19(22(31)33)29-24(35)32-12-9-25(10-13-32)17-5-3-11-28-21(17)30-23(25)34/h2-6,11,15,19H,7-10,12-14H2,1H3,(H,29,35)(H,28,30,34)/t15-,19-/m1/s1. The van der Waals surface area contributed by atoms with Gasteiger partial charge in [0.25, 0.3) is 0 Å². The van der Waals surface area contributed by atoms with Gasteiger partial charge in [0, 0.05) is 44.4 Å². The summed E-state index contributed by atoms with van der Waals surface area (Å²) in [6, 6.07) is 6.64. The first-order valence-electron chi connectivity index (χ1n) is 11.8. The molecule has 5 rings (SSSR count). The van der Waals surface area contributed by atoms with Gasteiger partial charge in [-0.05, 0) is 43.4 Å². The van der Waals surface area contributed by atoms with Gasteiger partial charge in [0.15, 0.2) is 11.6 Å². The molecule has 2 fully saturated rings. The Hall–Kier alpha value is -3.56. The summed E-state index contributed by atoms with van der Waals surface area (Å²) < 4.78 is 28.1. The fourth-order valence-corrected chi connectivity index (χ4v) is 5.56. The van der Waals surface area contributed by atoms with Crippen molar-refractivity contribution in [3.05, 3.63) is 59.3 Å². The zero-order chi connectivity index (χ0) is 24.7. The van der Waals surface area contributed by atoms with Crippen molar-refractivity contribution in [2.45, 2.75) is 43.1 Å². The fraction of sp³-hybridized carbons (Fsp3) is 0.440. The summed E-state index contributed by atoms with van der Waals surface area (Å²) in [6.07, 6.45) is 3.30. The van der Waals surface area contributed by atoms with Gasteiger partial charge in [-0.15, -0.1) is 0 Å². The minimum absolute atomic E-state index is 0.0950. The van der Waals surface area contributed by atoms with Gasteiger partial charge in [-0.1, -0.05) is 18.2 Å². The Morgan fingerprint density at radius 2 is 1.91 bits per heavy atom. The number of nitrogens with zero attached hydrogens (tertiary/aromatic N) is 3. The van der Waals surface area contributed by atoms with E-state index >= 15 is 0 Å². The van der Waals surface area contributed by atoms with Gasteiger partial charge < -0.3 is 20.4 Å². The molecule has 2 atom stereocenters. The van der Waals surface area contributed by atoms with Gasteiger partial charge in [-0.25, -0.2) is 18.6 Å².